The van der Waals surface area contributed by atoms with E-state index in [4.69, 9.17) is 0 Å². The molecule has 0 heterocycles. The number of rotatable bonds is 4. The van der Waals surface area contributed by atoms with Gasteiger partial charge in [-0.3, -0.25) is 0 Å². The predicted molar refractivity (Wildman–Crippen MR) is 117 cm³/mol. The maximum Gasteiger partial charge on any atom is 0.167 e. The van der Waals surface area contributed by atoms with Crippen molar-refractivity contribution in [2.75, 3.05) is 0 Å². The third kappa shape index (κ3) is 4.15. The van der Waals surface area contributed by atoms with Gasteiger partial charge in [-0.05, 0) is 29.2 Å². The zero-order valence-corrected chi connectivity index (χ0v) is 16.7. The van der Waals surface area contributed by atoms with Gasteiger partial charge in [0, 0.05) is 16.7 Å². The Bertz CT molecular complexity index is 1260. The number of hydrogen-bond acceptors (Lipinski definition) is 0. The molecule has 0 aliphatic heterocycles. The average Bonchev–Trinajstić information content (AvgIpc) is 2.80. The monoisotopic (exact) mass is 418 g/mol. The van der Waals surface area contributed by atoms with Crippen molar-refractivity contribution in [1.82, 2.24) is 0 Å². The first-order valence-electron chi connectivity index (χ1n) is 9.72. The number of hydrogen-bond donors (Lipinski definition) is 0. The molecular formula is C27H18F4. The Hall–Kier alpha value is -3.66. The van der Waals surface area contributed by atoms with Crippen molar-refractivity contribution in [2.45, 2.75) is 6.92 Å². The first-order valence-corrected chi connectivity index (χ1v) is 9.72. The summed E-state index contributed by atoms with van der Waals surface area (Å²) in [5.41, 5.74) is 2.57. The Labute approximate surface area is 178 Å². The summed E-state index contributed by atoms with van der Waals surface area (Å²) < 4.78 is 57.1. The van der Waals surface area contributed by atoms with E-state index in [1.165, 1.54) is 31.2 Å². The highest BCUT2D eigenvalue weighted by Gasteiger charge is 2.14. The summed E-state index contributed by atoms with van der Waals surface area (Å²) in [5, 5.41) is 0. The number of halogens is 4. The van der Waals surface area contributed by atoms with Crippen molar-refractivity contribution in [3.63, 3.8) is 0 Å². The number of benzene rings is 4. The molecule has 4 aromatic rings. The lowest BCUT2D eigenvalue weighted by Gasteiger charge is -2.07. The van der Waals surface area contributed by atoms with Gasteiger partial charge in [0.05, 0.1) is 0 Å². The molecule has 0 saturated heterocycles. The van der Waals surface area contributed by atoms with Crippen LogP contribution in [0, 0.1) is 30.2 Å². The molecule has 0 nitrogen and oxygen atoms in total. The van der Waals surface area contributed by atoms with Gasteiger partial charge in [0.1, 0.15) is 0 Å². The zero-order chi connectivity index (χ0) is 22.0. The molecule has 0 N–H and O–H groups in total. The summed E-state index contributed by atoms with van der Waals surface area (Å²) in [5.74, 6) is -3.58. The van der Waals surface area contributed by atoms with E-state index >= 15 is 0 Å². The average molecular weight is 418 g/mol. The first kappa shape index (κ1) is 20.6. The Morgan fingerprint density at radius 3 is 1.77 bits per heavy atom. The molecule has 0 aliphatic rings. The summed E-state index contributed by atoms with van der Waals surface area (Å²) in [6.07, 6.45) is 3.12. The maximum atomic E-state index is 14.5. The van der Waals surface area contributed by atoms with Crippen LogP contribution in [0.2, 0.25) is 0 Å². The topological polar surface area (TPSA) is 0 Å². The lowest BCUT2D eigenvalue weighted by atomic mass is 10.0. The van der Waals surface area contributed by atoms with E-state index < -0.39 is 23.3 Å². The van der Waals surface area contributed by atoms with Crippen molar-refractivity contribution in [2.24, 2.45) is 0 Å². The molecule has 0 amide bonds. The third-order valence-electron chi connectivity index (χ3n) is 5.15. The molecule has 0 fully saturated rings. The Morgan fingerprint density at radius 1 is 0.516 bits per heavy atom. The van der Waals surface area contributed by atoms with Gasteiger partial charge in [-0.2, -0.15) is 0 Å². The quantitative estimate of drug-likeness (QED) is 0.232. The van der Waals surface area contributed by atoms with E-state index in [0.29, 0.717) is 16.7 Å². The zero-order valence-electron chi connectivity index (χ0n) is 16.7. The van der Waals surface area contributed by atoms with Gasteiger partial charge in [0.25, 0.3) is 0 Å². The van der Waals surface area contributed by atoms with E-state index in [-0.39, 0.29) is 22.3 Å². The summed E-state index contributed by atoms with van der Waals surface area (Å²) in [6, 6.07) is 21.6. The fourth-order valence-corrected chi connectivity index (χ4v) is 3.36. The van der Waals surface area contributed by atoms with Crippen molar-refractivity contribution >= 4 is 12.2 Å². The van der Waals surface area contributed by atoms with Crippen LogP contribution >= 0.6 is 0 Å². The molecule has 0 spiro atoms. The van der Waals surface area contributed by atoms with Gasteiger partial charge in [-0.1, -0.05) is 91.0 Å². The van der Waals surface area contributed by atoms with Crippen molar-refractivity contribution in [1.29, 1.82) is 0 Å². The number of aryl methyl sites for hydroxylation is 1. The first-order chi connectivity index (χ1) is 15.0. The molecule has 0 aliphatic carbocycles. The van der Waals surface area contributed by atoms with Gasteiger partial charge in [-0.25, -0.2) is 17.6 Å². The highest BCUT2D eigenvalue weighted by atomic mass is 19.2. The highest BCUT2D eigenvalue weighted by Crippen LogP contribution is 2.28. The van der Waals surface area contributed by atoms with Gasteiger partial charge in [-0.15, -0.1) is 0 Å². The second-order valence-electron chi connectivity index (χ2n) is 7.21. The van der Waals surface area contributed by atoms with Gasteiger partial charge in [0.15, 0.2) is 23.3 Å². The van der Waals surface area contributed by atoms with Crippen LogP contribution in [0.1, 0.15) is 16.7 Å². The summed E-state index contributed by atoms with van der Waals surface area (Å²) in [6.45, 7) is 1.50. The molecule has 4 rings (SSSR count). The highest BCUT2D eigenvalue weighted by molar-refractivity contribution is 5.74. The summed E-state index contributed by atoms with van der Waals surface area (Å²) in [4.78, 5) is 0. The second kappa shape index (κ2) is 8.60. The predicted octanol–water partition coefficient (Wildman–Crippen LogP) is 8.06. The lowest BCUT2D eigenvalue weighted by Crippen LogP contribution is -1.93. The minimum Gasteiger partial charge on any atom is -0.203 e. The van der Waals surface area contributed by atoms with Crippen molar-refractivity contribution in [3.8, 4) is 22.3 Å². The molecule has 4 heteroatoms. The minimum atomic E-state index is -0.925. The molecule has 4 aromatic carbocycles. The maximum absolute atomic E-state index is 14.5. The van der Waals surface area contributed by atoms with Crippen molar-refractivity contribution < 1.29 is 17.6 Å². The third-order valence-corrected chi connectivity index (χ3v) is 5.15. The smallest absolute Gasteiger partial charge is 0.167 e. The molecule has 31 heavy (non-hydrogen) atoms. The standard InChI is InChI=1S/C27H18F4/c1-17-7-15-22(26(30)24(17)28)20-11-8-18(9-12-20)10-13-21-14-16-23(27(31)25(21)29)19-5-3-2-4-6-19/h2-16H,1H3. The lowest BCUT2D eigenvalue weighted by molar-refractivity contribution is 0.505. The van der Waals surface area contributed by atoms with Crippen LogP contribution in [0.4, 0.5) is 17.6 Å². The molecule has 0 bridgehead atoms. The normalized spacial score (nSPS) is 11.3. The van der Waals surface area contributed by atoms with Gasteiger partial charge in [0.2, 0.25) is 0 Å². The van der Waals surface area contributed by atoms with E-state index in [1.54, 1.807) is 60.7 Å². The van der Waals surface area contributed by atoms with E-state index in [0.717, 1.165) is 0 Å². The molecule has 0 aromatic heterocycles. The minimum absolute atomic E-state index is 0.118. The van der Waals surface area contributed by atoms with Crippen LogP contribution < -0.4 is 0 Å². The summed E-state index contributed by atoms with van der Waals surface area (Å²) >= 11 is 0. The van der Waals surface area contributed by atoms with Crippen molar-refractivity contribution in [3.05, 3.63) is 119 Å². The molecule has 0 radical (unpaired) electrons. The fraction of sp³-hybridized carbons (Fsp3) is 0.0370. The van der Waals surface area contributed by atoms with Crippen LogP contribution in [0.15, 0.2) is 78.9 Å². The van der Waals surface area contributed by atoms with E-state index in [9.17, 15) is 17.6 Å². The van der Waals surface area contributed by atoms with E-state index in [2.05, 4.69) is 0 Å². The Kier molecular flexibility index (Phi) is 5.72. The van der Waals surface area contributed by atoms with Crippen LogP contribution in [0.25, 0.3) is 34.4 Å². The molecule has 154 valence electrons. The second-order valence-corrected chi connectivity index (χ2v) is 7.21. The van der Waals surface area contributed by atoms with Crippen LogP contribution in [0.3, 0.4) is 0 Å². The molecular weight excluding hydrogens is 400 g/mol. The Balaban J connectivity index is 1.58. The molecule has 0 atom stereocenters. The fourth-order valence-electron chi connectivity index (χ4n) is 3.36. The van der Waals surface area contributed by atoms with E-state index in [1.807, 2.05) is 6.07 Å². The Morgan fingerprint density at radius 2 is 1.10 bits per heavy atom. The van der Waals surface area contributed by atoms with Gasteiger partial charge >= 0.3 is 0 Å². The largest absolute Gasteiger partial charge is 0.203 e. The van der Waals surface area contributed by atoms with Crippen LogP contribution in [-0.2, 0) is 0 Å². The van der Waals surface area contributed by atoms with Crippen LogP contribution in [-0.4, -0.2) is 0 Å². The van der Waals surface area contributed by atoms with Gasteiger partial charge < -0.3 is 0 Å². The summed E-state index contributed by atoms with van der Waals surface area (Å²) in [7, 11) is 0. The van der Waals surface area contributed by atoms with Crippen LogP contribution in [0.5, 0.6) is 0 Å². The SMILES string of the molecule is Cc1ccc(-c2ccc(C=Cc3ccc(-c4ccccc4)c(F)c3F)cc2)c(F)c1F. The molecule has 0 saturated carbocycles. The molecule has 0 unspecified atom stereocenters.